The maximum Gasteiger partial charge on any atom is 0.137 e. The van der Waals surface area contributed by atoms with Gasteiger partial charge in [-0.15, -0.1) is 10.2 Å². The molecule has 0 saturated heterocycles. The van der Waals surface area contributed by atoms with Gasteiger partial charge in [-0.25, -0.2) is 4.63 Å². The van der Waals surface area contributed by atoms with Gasteiger partial charge < -0.3 is 0 Å². The Bertz CT molecular complexity index is 815. The maximum atomic E-state index is 4.66. The molecular weight excluding hydrogens is 230 g/mol. The fourth-order valence-corrected chi connectivity index (χ4v) is 1.87. The summed E-state index contributed by atoms with van der Waals surface area (Å²) < 4.78 is 4.66. The van der Waals surface area contributed by atoms with E-state index in [1.165, 1.54) is 0 Å². The Hall–Kier alpha value is -2.76. The summed E-state index contributed by atoms with van der Waals surface area (Å²) in [5.41, 5.74) is 3.95. The fraction of sp³-hybridized carbons (Fsp3) is 0. The van der Waals surface area contributed by atoms with Crippen molar-refractivity contribution in [1.82, 2.24) is 25.3 Å². The number of hydrogen-bond acceptors (Lipinski definition) is 5. The molecule has 0 aliphatic rings. The number of rotatable bonds is 1. The lowest BCUT2D eigenvalue weighted by molar-refractivity contribution is 0.315. The van der Waals surface area contributed by atoms with E-state index in [0.29, 0.717) is 5.52 Å². The number of fused-ring (bicyclic) bond motifs is 2. The van der Waals surface area contributed by atoms with Crippen molar-refractivity contribution >= 4 is 22.1 Å². The Kier molecular flexibility index (Phi) is 1.74. The molecule has 2 heterocycles. The molecule has 0 radical (unpaired) electrons. The van der Waals surface area contributed by atoms with E-state index in [4.69, 9.17) is 0 Å². The molecule has 0 amide bonds. The van der Waals surface area contributed by atoms with E-state index in [1.807, 2.05) is 42.5 Å². The van der Waals surface area contributed by atoms with Gasteiger partial charge in [0.05, 0.1) is 5.69 Å². The average Bonchev–Trinajstić information content (AvgIpc) is 3.04. The van der Waals surface area contributed by atoms with Gasteiger partial charge in [-0.3, -0.25) is 0 Å². The molecule has 0 bridgehead atoms. The molecule has 86 valence electrons. The molecule has 0 spiro atoms. The lowest BCUT2D eigenvalue weighted by Crippen LogP contribution is -1.97. The van der Waals surface area contributed by atoms with E-state index in [1.54, 1.807) is 4.80 Å². The molecule has 2 aromatic heterocycles. The van der Waals surface area contributed by atoms with Gasteiger partial charge in [0.15, 0.2) is 0 Å². The van der Waals surface area contributed by atoms with Crippen molar-refractivity contribution in [3.05, 3.63) is 42.5 Å². The monoisotopic (exact) mass is 237 g/mol. The zero-order chi connectivity index (χ0) is 11.9. The molecule has 18 heavy (non-hydrogen) atoms. The van der Waals surface area contributed by atoms with Crippen LogP contribution in [0.5, 0.6) is 0 Å². The molecule has 0 N–H and O–H groups in total. The van der Waals surface area contributed by atoms with E-state index < -0.39 is 0 Å². The Labute approximate surface area is 101 Å². The van der Waals surface area contributed by atoms with Crippen LogP contribution in [0.15, 0.2) is 47.1 Å². The summed E-state index contributed by atoms with van der Waals surface area (Å²) in [5, 5.41) is 16.4. The van der Waals surface area contributed by atoms with Crippen molar-refractivity contribution in [3.8, 4) is 5.69 Å². The molecule has 0 saturated carbocycles. The standard InChI is InChI=1S/C12H7N5O/c1-2-4-10-9(3-1)13-17(14-10)8-5-6-11-12(7-8)16-18-15-11/h1-7H. The van der Waals surface area contributed by atoms with Crippen molar-refractivity contribution in [2.24, 2.45) is 0 Å². The van der Waals surface area contributed by atoms with Crippen LogP contribution in [0.3, 0.4) is 0 Å². The molecule has 0 unspecified atom stereocenters. The first-order valence-electron chi connectivity index (χ1n) is 5.45. The molecule has 2 aromatic carbocycles. The Balaban J connectivity index is 1.94. The third kappa shape index (κ3) is 1.29. The van der Waals surface area contributed by atoms with Gasteiger partial charge in [0, 0.05) is 0 Å². The first-order chi connectivity index (χ1) is 8.90. The summed E-state index contributed by atoms with van der Waals surface area (Å²) in [4.78, 5) is 1.58. The lowest BCUT2D eigenvalue weighted by atomic mass is 10.3. The van der Waals surface area contributed by atoms with Gasteiger partial charge in [0.2, 0.25) is 0 Å². The molecule has 4 aromatic rings. The van der Waals surface area contributed by atoms with Crippen molar-refractivity contribution in [2.75, 3.05) is 0 Å². The third-order valence-electron chi connectivity index (χ3n) is 2.75. The maximum absolute atomic E-state index is 4.66. The van der Waals surface area contributed by atoms with Crippen LogP contribution >= 0.6 is 0 Å². The molecule has 6 nitrogen and oxygen atoms in total. The van der Waals surface area contributed by atoms with Crippen LogP contribution in [0.2, 0.25) is 0 Å². The number of nitrogens with zero attached hydrogens (tertiary/aromatic N) is 5. The van der Waals surface area contributed by atoms with E-state index in [0.717, 1.165) is 22.2 Å². The van der Waals surface area contributed by atoms with Gasteiger partial charge in [-0.1, -0.05) is 12.1 Å². The number of aromatic nitrogens is 5. The fourth-order valence-electron chi connectivity index (χ4n) is 1.87. The largest absolute Gasteiger partial charge is 0.243 e. The van der Waals surface area contributed by atoms with Crippen molar-refractivity contribution in [3.63, 3.8) is 0 Å². The van der Waals surface area contributed by atoms with Crippen molar-refractivity contribution in [1.29, 1.82) is 0 Å². The molecule has 0 fully saturated rings. The quantitative estimate of drug-likeness (QED) is 0.506. The van der Waals surface area contributed by atoms with E-state index >= 15 is 0 Å². The topological polar surface area (TPSA) is 69.6 Å². The number of hydrogen-bond donors (Lipinski definition) is 0. The Morgan fingerprint density at radius 3 is 2.28 bits per heavy atom. The summed E-state index contributed by atoms with van der Waals surface area (Å²) in [7, 11) is 0. The highest BCUT2D eigenvalue weighted by molar-refractivity contribution is 5.76. The predicted molar refractivity (Wildman–Crippen MR) is 64.2 cm³/mol. The van der Waals surface area contributed by atoms with Gasteiger partial charge in [0.1, 0.15) is 22.1 Å². The highest BCUT2D eigenvalue weighted by Crippen LogP contribution is 2.16. The minimum Gasteiger partial charge on any atom is -0.243 e. The van der Waals surface area contributed by atoms with Gasteiger partial charge in [-0.05, 0) is 40.6 Å². The Morgan fingerprint density at radius 1 is 0.778 bits per heavy atom. The molecule has 6 heteroatoms. The van der Waals surface area contributed by atoms with Gasteiger partial charge >= 0.3 is 0 Å². The van der Waals surface area contributed by atoms with Gasteiger partial charge in [-0.2, -0.15) is 4.80 Å². The summed E-state index contributed by atoms with van der Waals surface area (Å²) in [5.74, 6) is 0. The first-order valence-corrected chi connectivity index (χ1v) is 5.45. The summed E-state index contributed by atoms with van der Waals surface area (Å²) in [6.45, 7) is 0. The van der Waals surface area contributed by atoms with E-state index in [-0.39, 0.29) is 0 Å². The van der Waals surface area contributed by atoms with Crippen LogP contribution in [0.25, 0.3) is 27.8 Å². The van der Waals surface area contributed by atoms with E-state index in [9.17, 15) is 0 Å². The summed E-state index contributed by atoms with van der Waals surface area (Å²) in [6, 6.07) is 13.3. The highest BCUT2D eigenvalue weighted by atomic mass is 16.6. The third-order valence-corrected chi connectivity index (χ3v) is 2.75. The van der Waals surface area contributed by atoms with Crippen LogP contribution in [-0.2, 0) is 0 Å². The van der Waals surface area contributed by atoms with Crippen LogP contribution < -0.4 is 0 Å². The normalized spacial score (nSPS) is 11.3. The second kappa shape index (κ2) is 3.36. The zero-order valence-electron chi connectivity index (χ0n) is 9.19. The van der Waals surface area contributed by atoms with Crippen molar-refractivity contribution in [2.45, 2.75) is 0 Å². The average molecular weight is 237 g/mol. The zero-order valence-corrected chi connectivity index (χ0v) is 9.19. The second-order valence-electron chi connectivity index (χ2n) is 3.92. The lowest BCUT2D eigenvalue weighted by Gasteiger charge is -1.96. The van der Waals surface area contributed by atoms with Crippen LogP contribution in [0.4, 0.5) is 0 Å². The second-order valence-corrected chi connectivity index (χ2v) is 3.92. The predicted octanol–water partition coefficient (Wildman–Crippen LogP) is 1.96. The molecule has 0 atom stereocenters. The molecular formula is C12H7N5O. The Morgan fingerprint density at radius 2 is 1.50 bits per heavy atom. The summed E-state index contributed by atoms with van der Waals surface area (Å²) >= 11 is 0. The minimum absolute atomic E-state index is 0.689. The molecule has 0 aliphatic heterocycles. The van der Waals surface area contributed by atoms with Crippen molar-refractivity contribution < 1.29 is 4.63 Å². The van der Waals surface area contributed by atoms with Crippen LogP contribution in [0.1, 0.15) is 0 Å². The molecule has 0 aliphatic carbocycles. The highest BCUT2D eigenvalue weighted by Gasteiger charge is 2.06. The van der Waals surface area contributed by atoms with E-state index in [2.05, 4.69) is 25.1 Å². The number of benzene rings is 2. The smallest absolute Gasteiger partial charge is 0.137 e. The SMILES string of the molecule is c1ccc2nn(-c3ccc4nonc4c3)nc2c1. The summed E-state index contributed by atoms with van der Waals surface area (Å²) in [6.07, 6.45) is 0. The van der Waals surface area contributed by atoms with Crippen LogP contribution in [0, 0.1) is 0 Å². The first kappa shape index (κ1) is 9.29. The van der Waals surface area contributed by atoms with Crippen LogP contribution in [-0.4, -0.2) is 25.3 Å². The minimum atomic E-state index is 0.689. The molecule has 4 rings (SSSR count). The van der Waals surface area contributed by atoms with Gasteiger partial charge in [0.25, 0.3) is 0 Å².